The van der Waals surface area contributed by atoms with E-state index in [0.717, 1.165) is 51.4 Å². The molecule has 0 saturated heterocycles. The van der Waals surface area contributed by atoms with Gasteiger partial charge in [-0.1, -0.05) is 248 Å². The van der Waals surface area contributed by atoms with Gasteiger partial charge in [-0.05, 0) is 57.8 Å². The molecule has 0 N–H and O–H groups in total. The summed E-state index contributed by atoms with van der Waals surface area (Å²) in [6.45, 7) is 6.44. The molecule has 6 heteroatoms. The van der Waals surface area contributed by atoms with Crippen molar-refractivity contribution in [3.63, 3.8) is 0 Å². The van der Waals surface area contributed by atoms with Crippen molar-refractivity contribution in [3.8, 4) is 0 Å². The minimum Gasteiger partial charge on any atom is -0.462 e. The van der Waals surface area contributed by atoms with Gasteiger partial charge in [-0.2, -0.15) is 0 Å². The largest absolute Gasteiger partial charge is 0.462 e. The van der Waals surface area contributed by atoms with Crippen LogP contribution in [0.2, 0.25) is 0 Å². The Balaban J connectivity index is 4.41. The first-order valence-corrected chi connectivity index (χ1v) is 26.5. The zero-order valence-electron chi connectivity index (χ0n) is 41.3. The van der Waals surface area contributed by atoms with Crippen molar-refractivity contribution in [2.45, 2.75) is 258 Å². The standard InChI is InChI=1S/C57H98O6/c1-4-7-10-13-16-19-22-25-26-27-28-29-30-33-35-38-41-44-47-50-56(59)62-53-54(63-57(60)51-48-45-42-39-36-32-24-21-18-15-12-9-6-3)52-61-55(58)49-46-43-40-37-34-31-23-20-17-14-11-8-5-2/h9,12,15,18,21,24,27-28,32,36,39,42,54H,4-8,10-11,13-14,16-17,19-20,22-23,25-26,29-31,33-35,37-38,40-41,43-53H2,1-3H3/b12-9-,18-15-,24-21-,28-27-,36-32-,42-39-. The fraction of sp³-hybridized carbons (Fsp3) is 0.737. The zero-order chi connectivity index (χ0) is 45.8. The zero-order valence-corrected chi connectivity index (χ0v) is 41.3. The van der Waals surface area contributed by atoms with Gasteiger partial charge in [0.05, 0.1) is 0 Å². The Hall–Kier alpha value is -3.15. The summed E-state index contributed by atoms with van der Waals surface area (Å²) in [7, 11) is 0. The van der Waals surface area contributed by atoms with Crippen molar-refractivity contribution in [1.82, 2.24) is 0 Å². The highest BCUT2D eigenvalue weighted by atomic mass is 16.6. The summed E-state index contributed by atoms with van der Waals surface area (Å²) >= 11 is 0. The van der Waals surface area contributed by atoms with Gasteiger partial charge >= 0.3 is 17.9 Å². The first-order valence-electron chi connectivity index (χ1n) is 26.5. The second-order valence-corrected chi connectivity index (χ2v) is 17.5. The van der Waals surface area contributed by atoms with E-state index in [-0.39, 0.29) is 37.5 Å². The summed E-state index contributed by atoms with van der Waals surface area (Å²) in [5, 5.41) is 0. The van der Waals surface area contributed by atoms with Gasteiger partial charge in [0.15, 0.2) is 6.10 Å². The molecular formula is C57H98O6. The molecule has 0 bridgehead atoms. The van der Waals surface area contributed by atoms with E-state index in [1.165, 1.54) is 154 Å². The van der Waals surface area contributed by atoms with E-state index in [4.69, 9.17) is 14.2 Å². The van der Waals surface area contributed by atoms with E-state index >= 15 is 0 Å². The normalized spacial score (nSPS) is 12.6. The second-order valence-electron chi connectivity index (χ2n) is 17.5. The van der Waals surface area contributed by atoms with Crippen LogP contribution in [0.5, 0.6) is 0 Å². The third-order valence-electron chi connectivity index (χ3n) is 11.3. The highest BCUT2D eigenvalue weighted by Gasteiger charge is 2.19. The van der Waals surface area contributed by atoms with Crippen LogP contribution in [-0.2, 0) is 28.6 Å². The van der Waals surface area contributed by atoms with E-state index in [2.05, 4.69) is 39.0 Å². The molecule has 0 saturated carbocycles. The quantitative estimate of drug-likeness (QED) is 0.0199. The van der Waals surface area contributed by atoms with Crippen LogP contribution in [0.4, 0.5) is 0 Å². The molecular weight excluding hydrogens is 781 g/mol. The summed E-state index contributed by atoms with van der Waals surface area (Å²) in [6.07, 6.45) is 64.7. The average Bonchev–Trinajstić information content (AvgIpc) is 3.28. The summed E-state index contributed by atoms with van der Waals surface area (Å²) < 4.78 is 16.7. The summed E-state index contributed by atoms with van der Waals surface area (Å²) in [6, 6.07) is 0. The number of hydrogen-bond acceptors (Lipinski definition) is 6. The molecule has 1 unspecified atom stereocenters. The minimum atomic E-state index is -0.811. The fourth-order valence-corrected chi connectivity index (χ4v) is 7.35. The van der Waals surface area contributed by atoms with Gasteiger partial charge in [0.2, 0.25) is 0 Å². The number of unbranched alkanes of at least 4 members (excludes halogenated alkanes) is 28. The van der Waals surface area contributed by atoms with Gasteiger partial charge in [-0.3, -0.25) is 14.4 Å². The molecule has 0 amide bonds. The van der Waals surface area contributed by atoms with Crippen molar-refractivity contribution >= 4 is 17.9 Å². The number of allylic oxidation sites excluding steroid dienone is 12. The van der Waals surface area contributed by atoms with Crippen LogP contribution in [0.15, 0.2) is 72.9 Å². The van der Waals surface area contributed by atoms with E-state index < -0.39 is 6.10 Å². The van der Waals surface area contributed by atoms with Crippen molar-refractivity contribution in [2.24, 2.45) is 0 Å². The highest BCUT2D eigenvalue weighted by molar-refractivity contribution is 5.71. The summed E-state index contributed by atoms with van der Waals surface area (Å²) in [5.41, 5.74) is 0. The molecule has 0 spiro atoms. The van der Waals surface area contributed by atoms with Gasteiger partial charge in [-0.15, -0.1) is 0 Å². The predicted octanol–water partition coefficient (Wildman–Crippen LogP) is 17.4. The van der Waals surface area contributed by atoms with E-state index in [1.54, 1.807) is 0 Å². The Morgan fingerprint density at radius 1 is 0.333 bits per heavy atom. The van der Waals surface area contributed by atoms with E-state index in [9.17, 15) is 14.4 Å². The molecule has 6 nitrogen and oxygen atoms in total. The first kappa shape index (κ1) is 59.9. The molecule has 0 aliphatic rings. The lowest BCUT2D eigenvalue weighted by molar-refractivity contribution is -0.167. The maximum Gasteiger partial charge on any atom is 0.306 e. The van der Waals surface area contributed by atoms with Gasteiger partial charge in [0.25, 0.3) is 0 Å². The molecule has 0 aliphatic heterocycles. The molecule has 63 heavy (non-hydrogen) atoms. The maximum absolute atomic E-state index is 12.7. The monoisotopic (exact) mass is 879 g/mol. The SMILES string of the molecule is CC\C=C/C=C\C=C/C=C\C=C/CCCC(=O)OC(COC(=O)CCCCCCCCC/C=C\CCCCCCCCCC)COC(=O)CCCCCCCCCCCCCCC. The number of rotatable bonds is 47. The number of esters is 3. The van der Waals surface area contributed by atoms with E-state index in [1.807, 2.05) is 54.7 Å². The van der Waals surface area contributed by atoms with Crippen molar-refractivity contribution in [3.05, 3.63) is 72.9 Å². The lowest BCUT2D eigenvalue weighted by Crippen LogP contribution is -2.30. The molecule has 0 aromatic rings. The second kappa shape index (κ2) is 51.5. The van der Waals surface area contributed by atoms with Crippen molar-refractivity contribution in [2.75, 3.05) is 13.2 Å². The molecule has 0 aromatic carbocycles. The first-order chi connectivity index (χ1) is 31.0. The summed E-state index contributed by atoms with van der Waals surface area (Å²) in [4.78, 5) is 37.9. The number of ether oxygens (including phenoxy) is 3. The molecule has 0 fully saturated rings. The van der Waals surface area contributed by atoms with Gasteiger partial charge in [-0.25, -0.2) is 0 Å². The van der Waals surface area contributed by atoms with Gasteiger partial charge < -0.3 is 14.2 Å². The molecule has 1 atom stereocenters. The third kappa shape index (κ3) is 49.7. The topological polar surface area (TPSA) is 78.9 Å². The van der Waals surface area contributed by atoms with Crippen LogP contribution < -0.4 is 0 Å². The molecule has 0 aliphatic carbocycles. The van der Waals surface area contributed by atoms with Crippen LogP contribution in [0.1, 0.15) is 252 Å². The molecule has 362 valence electrons. The smallest absolute Gasteiger partial charge is 0.306 e. The fourth-order valence-electron chi connectivity index (χ4n) is 7.35. The Morgan fingerprint density at radius 2 is 0.651 bits per heavy atom. The van der Waals surface area contributed by atoms with Crippen LogP contribution >= 0.6 is 0 Å². The van der Waals surface area contributed by atoms with Crippen molar-refractivity contribution < 1.29 is 28.6 Å². The summed E-state index contributed by atoms with van der Waals surface area (Å²) in [5.74, 6) is -0.979. The number of carbonyl (C=O) groups is 3. The van der Waals surface area contributed by atoms with Crippen LogP contribution in [0.25, 0.3) is 0 Å². The maximum atomic E-state index is 12.7. The van der Waals surface area contributed by atoms with E-state index in [0.29, 0.717) is 19.3 Å². The predicted molar refractivity (Wildman–Crippen MR) is 270 cm³/mol. The lowest BCUT2D eigenvalue weighted by atomic mass is 10.0. The molecule has 0 heterocycles. The Kier molecular flexibility index (Phi) is 48.9. The highest BCUT2D eigenvalue weighted by Crippen LogP contribution is 2.15. The number of carbonyl (C=O) groups excluding carboxylic acids is 3. The lowest BCUT2D eigenvalue weighted by Gasteiger charge is -2.18. The minimum absolute atomic E-state index is 0.104. The molecule has 0 radical (unpaired) electrons. The average molecular weight is 879 g/mol. The third-order valence-corrected chi connectivity index (χ3v) is 11.3. The van der Waals surface area contributed by atoms with Crippen LogP contribution in [-0.4, -0.2) is 37.2 Å². The molecule has 0 rings (SSSR count). The van der Waals surface area contributed by atoms with Crippen LogP contribution in [0, 0.1) is 0 Å². The van der Waals surface area contributed by atoms with Gasteiger partial charge in [0.1, 0.15) is 13.2 Å². The molecule has 0 aromatic heterocycles. The van der Waals surface area contributed by atoms with Crippen molar-refractivity contribution in [1.29, 1.82) is 0 Å². The Bertz CT molecular complexity index is 1190. The van der Waals surface area contributed by atoms with Crippen LogP contribution in [0.3, 0.4) is 0 Å². The number of hydrogen-bond donors (Lipinski definition) is 0. The van der Waals surface area contributed by atoms with Gasteiger partial charge in [0, 0.05) is 19.3 Å². The Labute approximate surface area is 389 Å². The Morgan fingerprint density at radius 3 is 1.05 bits per heavy atom.